The molecule has 1 heterocycles. The zero-order valence-corrected chi connectivity index (χ0v) is 9.76. The Labute approximate surface area is 90.4 Å². The summed E-state index contributed by atoms with van der Waals surface area (Å²) in [5, 5.41) is 7.64. The van der Waals surface area contributed by atoms with Crippen molar-refractivity contribution in [1.29, 1.82) is 5.41 Å². The molecule has 15 heavy (non-hydrogen) atoms. The molecule has 0 atom stereocenters. The van der Waals surface area contributed by atoms with E-state index in [4.69, 9.17) is 10.1 Å². The van der Waals surface area contributed by atoms with Gasteiger partial charge in [-0.15, -0.1) is 0 Å². The van der Waals surface area contributed by atoms with Gasteiger partial charge in [0.05, 0.1) is 18.8 Å². The highest BCUT2D eigenvalue weighted by Crippen LogP contribution is 2.16. The summed E-state index contributed by atoms with van der Waals surface area (Å²) in [6.45, 7) is 8.23. The average Bonchev–Trinajstić information content (AvgIpc) is 2.43. The SMILES string of the molecule is C/C=C1/CN(C(=O)OC(C)(C)C)CC1=N. The van der Waals surface area contributed by atoms with Crippen molar-refractivity contribution in [2.24, 2.45) is 0 Å². The van der Waals surface area contributed by atoms with E-state index in [1.54, 1.807) is 4.90 Å². The number of likely N-dealkylation sites (tertiary alicyclic amines) is 1. The molecular weight excluding hydrogens is 192 g/mol. The summed E-state index contributed by atoms with van der Waals surface area (Å²) in [5.41, 5.74) is 0.932. The van der Waals surface area contributed by atoms with Crippen LogP contribution in [0.15, 0.2) is 11.6 Å². The van der Waals surface area contributed by atoms with Crippen LogP contribution in [-0.4, -0.2) is 35.4 Å². The molecule has 1 rings (SSSR count). The van der Waals surface area contributed by atoms with Gasteiger partial charge < -0.3 is 10.1 Å². The summed E-state index contributed by atoms with van der Waals surface area (Å²) in [6, 6.07) is 0. The third kappa shape index (κ3) is 3.08. The summed E-state index contributed by atoms with van der Waals surface area (Å²) >= 11 is 0. The second kappa shape index (κ2) is 4.04. The third-order valence-electron chi connectivity index (χ3n) is 2.10. The van der Waals surface area contributed by atoms with Crippen molar-refractivity contribution in [3.05, 3.63) is 11.6 Å². The first-order chi connectivity index (χ1) is 6.83. The van der Waals surface area contributed by atoms with Crippen LogP contribution in [0.4, 0.5) is 4.79 Å². The topological polar surface area (TPSA) is 53.4 Å². The van der Waals surface area contributed by atoms with Crippen molar-refractivity contribution in [3.63, 3.8) is 0 Å². The normalized spacial score (nSPS) is 19.9. The maximum atomic E-state index is 11.6. The van der Waals surface area contributed by atoms with Gasteiger partial charge in [0.15, 0.2) is 0 Å². The Bertz CT molecular complexity index is 313. The highest BCUT2D eigenvalue weighted by molar-refractivity contribution is 6.03. The van der Waals surface area contributed by atoms with Crippen LogP contribution in [0.3, 0.4) is 0 Å². The van der Waals surface area contributed by atoms with Crippen LogP contribution in [0.25, 0.3) is 0 Å². The number of rotatable bonds is 0. The van der Waals surface area contributed by atoms with Crippen LogP contribution >= 0.6 is 0 Å². The summed E-state index contributed by atoms with van der Waals surface area (Å²) in [7, 11) is 0. The zero-order valence-electron chi connectivity index (χ0n) is 9.76. The molecule has 1 saturated heterocycles. The molecule has 1 fully saturated rings. The van der Waals surface area contributed by atoms with Crippen LogP contribution in [0.5, 0.6) is 0 Å². The predicted octanol–water partition coefficient (Wildman–Crippen LogP) is 2.20. The van der Waals surface area contributed by atoms with E-state index in [9.17, 15) is 4.79 Å². The smallest absolute Gasteiger partial charge is 0.410 e. The second-order valence-electron chi connectivity index (χ2n) is 4.63. The fraction of sp³-hybridized carbons (Fsp3) is 0.636. The van der Waals surface area contributed by atoms with Gasteiger partial charge in [-0.1, -0.05) is 6.08 Å². The Morgan fingerprint density at radius 2 is 2.07 bits per heavy atom. The average molecular weight is 210 g/mol. The fourth-order valence-electron chi connectivity index (χ4n) is 1.37. The van der Waals surface area contributed by atoms with Gasteiger partial charge in [-0.2, -0.15) is 0 Å². The van der Waals surface area contributed by atoms with Crippen molar-refractivity contribution >= 4 is 11.8 Å². The van der Waals surface area contributed by atoms with Crippen LogP contribution < -0.4 is 0 Å². The first-order valence-corrected chi connectivity index (χ1v) is 5.04. The number of hydrogen-bond donors (Lipinski definition) is 1. The lowest BCUT2D eigenvalue weighted by molar-refractivity contribution is 0.0309. The predicted molar refractivity (Wildman–Crippen MR) is 59.3 cm³/mol. The maximum absolute atomic E-state index is 11.6. The lowest BCUT2D eigenvalue weighted by Crippen LogP contribution is -2.35. The van der Waals surface area contributed by atoms with Crippen molar-refractivity contribution in [1.82, 2.24) is 4.90 Å². The molecule has 1 aliphatic rings. The second-order valence-corrected chi connectivity index (χ2v) is 4.63. The van der Waals surface area contributed by atoms with E-state index in [1.165, 1.54) is 0 Å². The van der Waals surface area contributed by atoms with Gasteiger partial charge in [0.2, 0.25) is 0 Å². The van der Waals surface area contributed by atoms with E-state index in [0.29, 0.717) is 18.8 Å². The van der Waals surface area contributed by atoms with Gasteiger partial charge in [-0.05, 0) is 33.3 Å². The van der Waals surface area contributed by atoms with E-state index in [0.717, 1.165) is 5.57 Å². The van der Waals surface area contributed by atoms with Gasteiger partial charge >= 0.3 is 6.09 Å². The molecule has 0 aliphatic carbocycles. The van der Waals surface area contributed by atoms with Gasteiger partial charge in [0.25, 0.3) is 0 Å². The van der Waals surface area contributed by atoms with Gasteiger partial charge in [0, 0.05) is 0 Å². The minimum atomic E-state index is -0.474. The molecule has 1 amide bonds. The Morgan fingerprint density at radius 1 is 1.47 bits per heavy atom. The quantitative estimate of drug-likeness (QED) is 0.666. The number of nitrogens with one attached hydrogen (secondary N) is 1. The molecule has 0 saturated carbocycles. The van der Waals surface area contributed by atoms with E-state index in [2.05, 4.69) is 0 Å². The molecule has 4 nitrogen and oxygen atoms in total. The largest absolute Gasteiger partial charge is 0.444 e. The van der Waals surface area contributed by atoms with Crippen molar-refractivity contribution in [2.75, 3.05) is 13.1 Å². The Morgan fingerprint density at radius 3 is 2.47 bits per heavy atom. The number of allylic oxidation sites excluding steroid dienone is 1. The molecule has 0 aromatic rings. The van der Waals surface area contributed by atoms with Crippen molar-refractivity contribution in [3.8, 4) is 0 Å². The Kier molecular flexibility index (Phi) is 3.17. The molecule has 1 N–H and O–H groups in total. The molecule has 0 unspecified atom stereocenters. The Hall–Kier alpha value is -1.32. The summed E-state index contributed by atoms with van der Waals surface area (Å²) in [4.78, 5) is 13.2. The maximum Gasteiger partial charge on any atom is 0.410 e. The van der Waals surface area contributed by atoms with Crippen LogP contribution in [0, 0.1) is 5.41 Å². The zero-order chi connectivity index (χ0) is 11.6. The molecule has 1 aliphatic heterocycles. The molecular formula is C11H18N2O2. The van der Waals surface area contributed by atoms with Crippen LogP contribution in [-0.2, 0) is 4.74 Å². The molecule has 0 radical (unpaired) electrons. The van der Waals surface area contributed by atoms with Crippen molar-refractivity contribution < 1.29 is 9.53 Å². The molecule has 0 aromatic carbocycles. The third-order valence-corrected chi connectivity index (χ3v) is 2.10. The van der Waals surface area contributed by atoms with Crippen molar-refractivity contribution in [2.45, 2.75) is 33.3 Å². The molecule has 0 spiro atoms. The fourth-order valence-corrected chi connectivity index (χ4v) is 1.37. The molecule has 0 bridgehead atoms. The monoisotopic (exact) mass is 210 g/mol. The van der Waals surface area contributed by atoms with E-state index in [-0.39, 0.29) is 6.09 Å². The minimum Gasteiger partial charge on any atom is -0.444 e. The number of hydrogen-bond acceptors (Lipinski definition) is 3. The first-order valence-electron chi connectivity index (χ1n) is 5.04. The number of carbonyl (C=O) groups excluding carboxylic acids is 1. The van der Waals surface area contributed by atoms with Crippen LogP contribution in [0.1, 0.15) is 27.7 Å². The minimum absolute atomic E-state index is 0.343. The number of nitrogens with zero attached hydrogens (tertiary/aromatic N) is 1. The first kappa shape index (κ1) is 11.8. The van der Waals surface area contributed by atoms with Gasteiger partial charge in [0.1, 0.15) is 5.60 Å². The summed E-state index contributed by atoms with van der Waals surface area (Å²) in [5.74, 6) is 0. The van der Waals surface area contributed by atoms with E-state index in [1.807, 2.05) is 33.8 Å². The number of amides is 1. The summed E-state index contributed by atoms with van der Waals surface area (Å²) < 4.78 is 5.23. The van der Waals surface area contributed by atoms with E-state index < -0.39 is 5.60 Å². The number of ether oxygens (including phenoxy) is 1. The molecule has 0 aromatic heterocycles. The van der Waals surface area contributed by atoms with E-state index >= 15 is 0 Å². The lowest BCUT2D eigenvalue weighted by atomic mass is 10.2. The highest BCUT2D eigenvalue weighted by Gasteiger charge is 2.29. The molecule has 4 heteroatoms. The summed E-state index contributed by atoms with van der Waals surface area (Å²) in [6.07, 6.45) is 1.52. The standard InChI is InChI=1S/C11H18N2O2/c1-5-8-6-13(7-9(8)12)10(14)15-11(2,3)4/h5,12H,6-7H2,1-4H3/b8-5-,12-9?. The lowest BCUT2D eigenvalue weighted by Gasteiger charge is -2.23. The number of carbonyl (C=O) groups is 1. The van der Waals surface area contributed by atoms with Gasteiger partial charge in [-0.3, -0.25) is 4.90 Å². The Balaban J connectivity index is 2.62. The highest BCUT2D eigenvalue weighted by atomic mass is 16.6. The van der Waals surface area contributed by atoms with Crippen LogP contribution in [0.2, 0.25) is 0 Å². The molecule has 84 valence electrons. The van der Waals surface area contributed by atoms with Gasteiger partial charge in [-0.25, -0.2) is 4.79 Å².